The van der Waals surface area contributed by atoms with Crippen molar-refractivity contribution in [1.82, 2.24) is 4.98 Å². The molecule has 0 saturated carbocycles. The molecule has 1 atom stereocenters. The predicted octanol–water partition coefficient (Wildman–Crippen LogP) is 6.65. The van der Waals surface area contributed by atoms with E-state index in [-0.39, 0.29) is 16.8 Å². The van der Waals surface area contributed by atoms with Gasteiger partial charge >= 0.3 is 0 Å². The number of benzene rings is 2. The molecule has 0 spiro atoms. The standard InChI is InChI=1S/C25H25BrClNO3/c1-24(2)10-13(12-31-24)11-30-20-9-17-16(8-18(20)26)22(29)21-15-6-5-14(27)7-19(15)28-23(21)25(17,3)4/h5-9,13,28H,10-12H2,1-4H3/t13-/m0/s1. The van der Waals surface area contributed by atoms with Crippen molar-refractivity contribution < 1.29 is 14.3 Å². The van der Waals surface area contributed by atoms with E-state index in [9.17, 15) is 4.79 Å². The summed E-state index contributed by atoms with van der Waals surface area (Å²) in [5, 5.41) is 1.55. The monoisotopic (exact) mass is 501 g/mol. The normalized spacial score (nSPS) is 21.2. The Labute approximate surface area is 195 Å². The van der Waals surface area contributed by atoms with Gasteiger partial charge in [-0.2, -0.15) is 0 Å². The number of hydrogen-bond donors (Lipinski definition) is 1. The zero-order chi connectivity index (χ0) is 22.1. The molecule has 2 aromatic carbocycles. The van der Waals surface area contributed by atoms with E-state index in [2.05, 4.69) is 48.6 Å². The number of nitrogens with one attached hydrogen (secondary N) is 1. The third-order valence-electron chi connectivity index (χ3n) is 6.57. The highest BCUT2D eigenvalue weighted by atomic mass is 79.9. The lowest BCUT2D eigenvalue weighted by Gasteiger charge is -2.32. The van der Waals surface area contributed by atoms with Crippen LogP contribution >= 0.6 is 27.5 Å². The molecule has 1 aromatic heterocycles. The van der Waals surface area contributed by atoms with Crippen LogP contribution in [0.15, 0.2) is 34.8 Å². The van der Waals surface area contributed by atoms with Gasteiger partial charge in [0.2, 0.25) is 0 Å². The van der Waals surface area contributed by atoms with E-state index in [4.69, 9.17) is 21.1 Å². The van der Waals surface area contributed by atoms with Crippen molar-refractivity contribution in [3.05, 3.63) is 62.2 Å². The lowest BCUT2D eigenvalue weighted by atomic mass is 9.71. The maximum Gasteiger partial charge on any atom is 0.195 e. The molecule has 4 nitrogen and oxygen atoms in total. The first kappa shape index (κ1) is 21.0. The highest BCUT2D eigenvalue weighted by Gasteiger charge is 2.40. The van der Waals surface area contributed by atoms with E-state index in [0.29, 0.717) is 29.7 Å². The third kappa shape index (κ3) is 3.42. The van der Waals surface area contributed by atoms with Gasteiger partial charge in [-0.15, -0.1) is 0 Å². The number of hydrogen-bond acceptors (Lipinski definition) is 3. The first-order valence-electron chi connectivity index (χ1n) is 10.5. The molecular formula is C25H25BrClNO3. The maximum atomic E-state index is 13.5. The fourth-order valence-electron chi connectivity index (χ4n) is 4.98. The van der Waals surface area contributed by atoms with Gasteiger partial charge in [0.15, 0.2) is 5.78 Å². The number of aromatic nitrogens is 1. The summed E-state index contributed by atoms with van der Waals surface area (Å²) in [6, 6.07) is 9.54. The van der Waals surface area contributed by atoms with Crippen LogP contribution in [0.1, 0.15) is 61.3 Å². The number of fused-ring (bicyclic) bond motifs is 4. The molecule has 6 heteroatoms. The number of carbonyl (C=O) groups excluding carboxylic acids is 1. The number of rotatable bonds is 3. The van der Waals surface area contributed by atoms with Crippen molar-refractivity contribution in [2.24, 2.45) is 5.92 Å². The Hall–Kier alpha value is -1.82. The Kier molecular flexibility index (Phi) is 4.82. The Morgan fingerprint density at radius 2 is 2.00 bits per heavy atom. The molecule has 0 radical (unpaired) electrons. The molecule has 1 fully saturated rings. The number of carbonyl (C=O) groups is 1. The molecule has 2 heterocycles. The van der Waals surface area contributed by atoms with E-state index in [1.165, 1.54) is 0 Å². The van der Waals surface area contributed by atoms with Gasteiger partial charge in [-0.05, 0) is 66.0 Å². The van der Waals surface area contributed by atoms with E-state index in [1.54, 1.807) is 0 Å². The average molecular weight is 503 g/mol. The Morgan fingerprint density at radius 3 is 2.71 bits per heavy atom. The van der Waals surface area contributed by atoms with Crippen LogP contribution in [0.3, 0.4) is 0 Å². The van der Waals surface area contributed by atoms with Crippen LogP contribution in [0.2, 0.25) is 5.02 Å². The van der Waals surface area contributed by atoms with Crippen molar-refractivity contribution in [3.8, 4) is 5.75 Å². The molecule has 162 valence electrons. The summed E-state index contributed by atoms with van der Waals surface area (Å²) >= 11 is 9.82. The lowest BCUT2D eigenvalue weighted by molar-refractivity contribution is 0.0341. The number of halogens is 2. The summed E-state index contributed by atoms with van der Waals surface area (Å²) in [7, 11) is 0. The zero-order valence-corrected chi connectivity index (χ0v) is 20.4. The van der Waals surface area contributed by atoms with Gasteiger partial charge in [0.25, 0.3) is 0 Å². The van der Waals surface area contributed by atoms with Crippen LogP contribution in [0.4, 0.5) is 0 Å². The smallest absolute Gasteiger partial charge is 0.195 e. The Balaban J connectivity index is 1.54. The molecule has 1 N–H and O–H groups in total. The van der Waals surface area contributed by atoms with Gasteiger partial charge in [-0.1, -0.05) is 31.5 Å². The predicted molar refractivity (Wildman–Crippen MR) is 127 cm³/mol. The highest BCUT2D eigenvalue weighted by Crippen LogP contribution is 2.46. The van der Waals surface area contributed by atoms with Crippen LogP contribution in [-0.4, -0.2) is 29.6 Å². The van der Waals surface area contributed by atoms with Crippen molar-refractivity contribution >= 4 is 44.2 Å². The molecule has 3 aromatic rings. The van der Waals surface area contributed by atoms with Gasteiger partial charge in [-0.25, -0.2) is 0 Å². The van der Waals surface area contributed by atoms with Crippen LogP contribution in [0.5, 0.6) is 5.75 Å². The SMILES string of the molecule is CC1(C)C[C@@H](COc2cc3c(cc2Br)C(=O)c2c([nH]c4cc(Cl)ccc24)C3(C)C)CO1. The summed E-state index contributed by atoms with van der Waals surface area (Å²) in [5.41, 5.74) is 3.72. The van der Waals surface area contributed by atoms with Crippen LogP contribution in [-0.2, 0) is 10.2 Å². The molecular weight excluding hydrogens is 478 g/mol. The quantitative estimate of drug-likeness (QED) is 0.436. The first-order valence-corrected chi connectivity index (χ1v) is 11.7. The van der Waals surface area contributed by atoms with Gasteiger partial charge in [0.05, 0.1) is 28.9 Å². The van der Waals surface area contributed by atoms with Gasteiger partial charge < -0.3 is 14.5 Å². The second-order valence-corrected chi connectivity index (χ2v) is 11.1. The molecule has 5 rings (SSSR count). The molecule has 2 aliphatic rings. The second kappa shape index (κ2) is 7.09. The van der Waals surface area contributed by atoms with Crippen LogP contribution < -0.4 is 4.74 Å². The molecule has 1 saturated heterocycles. The summed E-state index contributed by atoms with van der Waals surface area (Å²) in [6.07, 6.45) is 0.973. The lowest BCUT2D eigenvalue weighted by Crippen LogP contribution is -2.30. The topological polar surface area (TPSA) is 51.3 Å². The van der Waals surface area contributed by atoms with Gasteiger partial charge in [0.1, 0.15) is 5.75 Å². The van der Waals surface area contributed by atoms with Gasteiger partial charge in [0, 0.05) is 38.5 Å². The van der Waals surface area contributed by atoms with Gasteiger partial charge in [-0.3, -0.25) is 4.79 Å². The molecule has 1 aliphatic heterocycles. The third-order valence-corrected chi connectivity index (χ3v) is 7.42. The second-order valence-electron chi connectivity index (χ2n) is 9.80. The summed E-state index contributed by atoms with van der Waals surface area (Å²) in [6.45, 7) is 9.80. The van der Waals surface area contributed by atoms with Crippen molar-refractivity contribution in [2.45, 2.75) is 45.1 Å². The number of H-pyrrole nitrogens is 1. The van der Waals surface area contributed by atoms with E-state index in [1.807, 2.05) is 30.3 Å². The maximum absolute atomic E-state index is 13.5. The van der Waals surface area contributed by atoms with E-state index >= 15 is 0 Å². The molecule has 0 unspecified atom stereocenters. The highest BCUT2D eigenvalue weighted by molar-refractivity contribution is 9.10. The number of ketones is 1. The summed E-state index contributed by atoms with van der Waals surface area (Å²) in [4.78, 5) is 17.0. The van der Waals surface area contributed by atoms with E-state index in [0.717, 1.165) is 44.4 Å². The molecule has 0 bridgehead atoms. The first-order chi connectivity index (χ1) is 14.6. The van der Waals surface area contributed by atoms with Crippen LogP contribution in [0, 0.1) is 5.92 Å². The summed E-state index contributed by atoms with van der Waals surface area (Å²) < 4.78 is 12.8. The molecule has 1 aliphatic carbocycles. The number of ether oxygens (including phenoxy) is 2. The largest absolute Gasteiger partial charge is 0.492 e. The minimum Gasteiger partial charge on any atom is -0.492 e. The minimum atomic E-state index is -0.388. The van der Waals surface area contributed by atoms with E-state index < -0.39 is 0 Å². The Morgan fingerprint density at radius 1 is 1.23 bits per heavy atom. The van der Waals surface area contributed by atoms with Crippen molar-refractivity contribution in [3.63, 3.8) is 0 Å². The minimum absolute atomic E-state index is 0.0242. The van der Waals surface area contributed by atoms with Crippen LogP contribution in [0.25, 0.3) is 10.9 Å². The number of aromatic amines is 1. The molecule has 31 heavy (non-hydrogen) atoms. The fourth-order valence-corrected chi connectivity index (χ4v) is 5.61. The van der Waals surface area contributed by atoms with Crippen molar-refractivity contribution in [1.29, 1.82) is 0 Å². The van der Waals surface area contributed by atoms with Crippen molar-refractivity contribution in [2.75, 3.05) is 13.2 Å². The summed E-state index contributed by atoms with van der Waals surface area (Å²) in [5.74, 6) is 1.14. The average Bonchev–Trinajstić information content (AvgIpc) is 3.25. The zero-order valence-electron chi connectivity index (χ0n) is 18.1. The fraction of sp³-hybridized carbons (Fsp3) is 0.400. The molecule has 0 amide bonds. The Bertz CT molecular complexity index is 1230.